The van der Waals surface area contributed by atoms with Crippen LogP contribution in [0.2, 0.25) is 0 Å². The van der Waals surface area contributed by atoms with Crippen molar-refractivity contribution in [1.82, 2.24) is 10.3 Å². The van der Waals surface area contributed by atoms with Crippen molar-refractivity contribution < 1.29 is 4.79 Å². The van der Waals surface area contributed by atoms with Gasteiger partial charge in [0.25, 0.3) is 0 Å². The standard InChI is InChI=1S/C14H18N2O/c1-10(17)16-14(2,3)8-11-9-15-13-7-5-4-6-12(11)13/h4-7,9,15H,8H2,1-3H3,(H,16,17). The Morgan fingerprint density at radius 3 is 2.76 bits per heavy atom. The summed E-state index contributed by atoms with van der Waals surface area (Å²) in [6.45, 7) is 5.63. The molecule has 2 aromatic rings. The molecular formula is C14H18N2O. The Hall–Kier alpha value is -1.77. The van der Waals surface area contributed by atoms with Crippen LogP contribution < -0.4 is 5.32 Å². The number of aromatic amines is 1. The molecule has 0 radical (unpaired) electrons. The minimum atomic E-state index is -0.225. The van der Waals surface area contributed by atoms with Gasteiger partial charge in [-0.3, -0.25) is 4.79 Å². The number of fused-ring (bicyclic) bond motifs is 1. The van der Waals surface area contributed by atoms with Gasteiger partial charge in [-0.15, -0.1) is 0 Å². The maximum absolute atomic E-state index is 11.1. The summed E-state index contributed by atoms with van der Waals surface area (Å²) >= 11 is 0. The van der Waals surface area contributed by atoms with Gasteiger partial charge in [0.2, 0.25) is 5.91 Å². The van der Waals surface area contributed by atoms with Gasteiger partial charge in [-0.1, -0.05) is 18.2 Å². The largest absolute Gasteiger partial charge is 0.361 e. The number of aromatic nitrogens is 1. The highest BCUT2D eigenvalue weighted by Gasteiger charge is 2.20. The first-order chi connectivity index (χ1) is 7.98. The van der Waals surface area contributed by atoms with Gasteiger partial charge in [-0.05, 0) is 31.9 Å². The molecule has 0 bridgehead atoms. The van der Waals surface area contributed by atoms with E-state index in [4.69, 9.17) is 0 Å². The molecule has 17 heavy (non-hydrogen) atoms. The van der Waals surface area contributed by atoms with Gasteiger partial charge in [-0.25, -0.2) is 0 Å². The first-order valence-electron chi connectivity index (χ1n) is 5.82. The van der Waals surface area contributed by atoms with Gasteiger partial charge in [-0.2, -0.15) is 0 Å². The zero-order valence-electron chi connectivity index (χ0n) is 10.5. The van der Waals surface area contributed by atoms with Crippen molar-refractivity contribution in [3.63, 3.8) is 0 Å². The number of nitrogens with one attached hydrogen (secondary N) is 2. The first kappa shape index (κ1) is 11.7. The number of carbonyl (C=O) groups is 1. The van der Waals surface area contributed by atoms with Crippen LogP contribution in [0.5, 0.6) is 0 Å². The Balaban J connectivity index is 2.26. The highest BCUT2D eigenvalue weighted by Crippen LogP contribution is 2.22. The second-order valence-corrected chi connectivity index (χ2v) is 5.10. The molecule has 0 aliphatic heterocycles. The SMILES string of the molecule is CC(=O)NC(C)(C)Cc1c[nH]c2ccccc12. The molecule has 3 heteroatoms. The fourth-order valence-electron chi connectivity index (χ4n) is 2.27. The molecule has 90 valence electrons. The van der Waals surface area contributed by atoms with E-state index in [9.17, 15) is 4.79 Å². The van der Waals surface area contributed by atoms with E-state index >= 15 is 0 Å². The smallest absolute Gasteiger partial charge is 0.217 e. The summed E-state index contributed by atoms with van der Waals surface area (Å²) in [5.41, 5.74) is 2.15. The molecule has 0 fully saturated rings. The summed E-state index contributed by atoms with van der Waals surface area (Å²) in [5, 5.41) is 4.20. The molecule has 1 aromatic carbocycles. The number of carbonyl (C=O) groups excluding carboxylic acids is 1. The van der Waals surface area contributed by atoms with Crippen molar-refractivity contribution >= 4 is 16.8 Å². The van der Waals surface area contributed by atoms with Crippen LogP contribution in [-0.4, -0.2) is 16.4 Å². The van der Waals surface area contributed by atoms with Crippen LogP contribution in [-0.2, 0) is 11.2 Å². The van der Waals surface area contributed by atoms with Gasteiger partial charge in [0.15, 0.2) is 0 Å². The lowest BCUT2D eigenvalue weighted by Gasteiger charge is -2.25. The average molecular weight is 230 g/mol. The Morgan fingerprint density at radius 1 is 1.35 bits per heavy atom. The van der Waals surface area contributed by atoms with Crippen molar-refractivity contribution in [1.29, 1.82) is 0 Å². The van der Waals surface area contributed by atoms with E-state index in [0.717, 1.165) is 11.9 Å². The molecule has 0 unspecified atom stereocenters. The van der Waals surface area contributed by atoms with Crippen molar-refractivity contribution in [2.75, 3.05) is 0 Å². The van der Waals surface area contributed by atoms with E-state index in [0.29, 0.717) is 0 Å². The lowest BCUT2D eigenvalue weighted by molar-refractivity contribution is -0.120. The Bertz CT molecular complexity index is 540. The second-order valence-electron chi connectivity index (χ2n) is 5.10. The lowest BCUT2D eigenvalue weighted by atomic mass is 9.94. The Kier molecular flexibility index (Phi) is 2.92. The van der Waals surface area contributed by atoms with Crippen molar-refractivity contribution in [2.45, 2.75) is 32.7 Å². The van der Waals surface area contributed by atoms with E-state index in [1.54, 1.807) is 6.92 Å². The van der Waals surface area contributed by atoms with E-state index < -0.39 is 0 Å². The van der Waals surface area contributed by atoms with Gasteiger partial charge in [0, 0.05) is 29.6 Å². The molecule has 2 N–H and O–H groups in total. The summed E-state index contributed by atoms with van der Waals surface area (Å²) in [5.74, 6) is 0.00911. The number of amides is 1. The molecule has 0 saturated carbocycles. The summed E-state index contributed by atoms with van der Waals surface area (Å²) in [6.07, 6.45) is 2.84. The third kappa shape index (κ3) is 2.67. The van der Waals surface area contributed by atoms with Crippen LogP contribution in [0.15, 0.2) is 30.5 Å². The Morgan fingerprint density at radius 2 is 2.06 bits per heavy atom. The number of H-pyrrole nitrogens is 1. The van der Waals surface area contributed by atoms with Crippen molar-refractivity contribution in [2.24, 2.45) is 0 Å². The second kappa shape index (κ2) is 4.24. The number of rotatable bonds is 3. The van der Waals surface area contributed by atoms with Crippen LogP contribution in [0.25, 0.3) is 10.9 Å². The average Bonchev–Trinajstić information content (AvgIpc) is 2.59. The quantitative estimate of drug-likeness (QED) is 0.836. The normalized spacial score (nSPS) is 11.7. The molecule has 1 aromatic heterocycles. The first-order valence-corrected chi connectivity index (χ1v) is 5.82. The summed E-state index contributed by atoms with van der Waals surface area (Å²) in [7, 11) is 0. The molecule has 0 atom stereocenters. The molecule has 2 rings (SSSR count). The van der Waals surface area contributed by atoms with Crippen LogP contribution in [0, 0.1) is 0 Å². The topological polar surface area (TPSA) is 44.9 Å². The van der Waals surface area contributed by atoms with Crippen LogP contribution in [0.4, 0.5) is 0 Å². The van der Waals surface area contributed by atoms with E-state index in [1.165, 1.54) is 10.9 Å². The van der Waals surface area contributed by atoms with E-state index in [1.807, 2.05) is 32.2 Å². The van der Waals surface area contributed by atoms with Crippen LogP contribution in [0.3, 0.4) is 0 Å². The van der Waals surface area contributed by atoms with Gasteiger partial charge in [0.1, 0.15) is 0 Å². The third-order valence-corrected chi connectivity index (χ3v) is 2.82. The molecular weight excluding hydrogens is 212 g/mol. The number of hydrogen-bond acceptors (Lipinski definition) is 1. The summed E-state index contributed by atoms with van der Waals surface area (Å²) in [4.78, 5) is 14.4. The zero-order chi connectivity index (χ0) is 12.5. The predicted molar refractivity (Wildman–Crippen MR) is 69.9 cm³/mol. The maximum atomic E-state index is 11.1. The summed E-state index contributed by atoms with van der Waals surface area (Å²) < 4.78 is 0. The third-order valence-electron chi connectivity index (χ3n) is 2.82. The van der Waals surface area contributed by atoms with Gasteiger partial charge < -0.3 is 10.3 Å². The molecule has 3 nitrogen and oxygen atoms in total. The molecule has 0 aliphatic carbocycles. The van der Waals surface area contributed by atoms with Gasteiger partial charge >= 0.3 is 0 Å². The van der Waals surface area contributed by atoms with E-state index in [2.05, 4.69) is 22.4 Å². The fraction of sp³-hybridized carbons (Fsp3) is 0.357. The van der Waals surface area contributed by atoms with Crippen LogP contribution >= 0.6 is 0 Å². The number of hydrogen-bond donors (Lipinski definition) is 2. The molecule has 0 aliphatic rings. The van der Waals surface area contributed by atoms with Crippen LogP contribution in [0.1, 0.15) is 26.3 Å². The Labute approximate surface area is 101 Å². The minimum Gasteiger partial charge on any atom is -0.361 e. The maximum Gasteiger partial charge on any atom is 0.217 e. The summed E-state index contributed by atoms with van der Waals surface area (Å²) in [6, 6.07) is 8.21. The zero-order valence-corrected chi connectivity index (χ0v) is 10.5. The fourth-order valence-corrected chi connectivity index (χ4v) is 2.27. The van der Waals surface area contributed by atoms with Gasteiger partial charge in [0.05, 0.1) is 0 Å². The predicted octanol–water partition coefficient (Wildman–Crippen LogP) is 2.63. The minimum absolute atomic E-state index is 0.00911. The molecule has 0 saturated heterocycles. The lowest BCUT2D eigenvalue weighted by Crippen LogP contribution is -2.43. The molecule has 1 amide bonds. The van der Waals surface area contributed by atoms with Crippen molar-refractivity contribution in [3.05, 3.63) is 36.0 Å². The van der Waals surface area contributed by atoms with E-state index in [-0.39, 0.29) is 11.4 Å². The highest BCUT2D eigenvalue weighted by molar-refractivity contribution is 5.83. The molecule has 1 heterocycles. The number of para-hydroxylation sites is 1. The monoisotopic (exact) mass is 230 g/mol. The number of benzene rings is 1. The highest BCUT2D eigenvalue weighted by atomic mass is 16.1. The van der Waals surface area contributed by atoms with Crippen molar-refractivity contribution in [3.8, 4) is 0 Å². The molecule has 0 spiro atoms.